The van der Waals surface area contributed by atoms with Crippen LogP contribution in [0.4, 0.5) is 4.79 Å². The Bertz CT molecular complexity index is 1290. The number of carbonyl (C=O) groups is 1. The lowest BCUT2D eigenvalue weighted by Crippen LogP contribution is -2.51. The Hall–Kier alpha value is -3.91. The Balaban J connectivity index is 1.24. The Morgan fingerprint density at radius 3 is 2.46 bits per heavy atom. The topological polar surface area (TPSA) is 75.5 Å². The van der Waals surface area contributed by atoms with E-state index < -0.39 is 0 Å². The Morgan fingerprint density at radius 2 is 1.74 bits per heavy atom. The molecule has 4 aromatic rings. The number of methoxy groups -OCH3 is 1. The lowest BCUT2D eigenvalue weighted by molar-refractivity contribution is 0.133. The van der Waals surface area contributed by atoms with E-state index in [9.17, 15) is 4.79 Å². The number of carbonyl (C=O) groups excluding carboxylic acids is 1. The van der Waals surface area contributed by atoms with Crippen LogP contribution in [-0.2, 0) is 13.1 Å². The van der Waals surface area contributed by atoms with Crippen molar-refractivity contribution in [3.8, 4) is 11.4 Å². The molecule has 0 saturated carbocycles. The minimum Gasteiger partial charge on any atom is -0.497 e. The van der Waals surface area contributed by atoms with Gasteiger partial charge in [0.1, 0.15) is 17.1 Å². The summed E-state index contributed by atoms with van der Waals surface area (Å²) in [5, 5.41) is 3.04. The molecule has 2 aromatic heterocycles. The van der Waals surface area contributed by atoms with Crippen LogP contribution in [0.25, 0.3) is 16.9 Å². The van der Waals surface area contributed by atoms with Crippen molar-refractivity contribution >= 4 is 17.2 Å². The molecule has 1 N–H and O–H groups in total. The van der Waals surface area contributed by atoms with Crippen molar-refractivity contribution in [1.82, 2.24) is 29.7 Å². The molecule has 180 valence electrons. The largest absolute Gasteiger partial charge is 0.497 e. The molecule has 0 atom stereocenters. The van der Waals surface area contributed by atoms with Gasteiger partial charge in [-0.15, -0.1) is 0 Å². The summed E-state index contributed by atoms with van der Waals surface area (Å²) in [6, 6.07) is 20.1. The molecule has 0 bridgehead atoms. The third-order valence-electron chi connectivity index (χ3n) is 6.40. The first-order valence-electron chi connectivity index (χ1n) is 11.9. The SMILES string of the molecule is COc1ccc(-n2c(CN3CCN(C(=O)NCc4ccc(C)cc4)CC3)nc3cccnc32)cc1. The minimum atomic E-state index is -0.0140. The lowest BCUT2D eigenvalue weighted by atomic mass is 10.1. The van der Waals surface area contributed by atoms with Gasteiger partial charge in [0.15, 0.2) is 5.65 Å². The summed E-state index contributed by atoms with van der Waals surface area (Å²) in [5.74, 6) is 1.74. The fraction of sp³-hybridized carbons (Fsp3) is 0.296. The van der Waals surface area contributed by atoms with Crippen LogP contribution in [0.2, 0.25) is 0 Å². The van der Waals surface area contributed by atoms with E-state index in [1.54, 1.807) is 13.3 Å². The van der Waals surface area contributed by atoms with E-state index in [-0.39, 0.29) is 6.03 Å². The van der Waals surface area contributed by atoms with Crippen LogP contribution in [0.1, 0.15) is 17.0 Å². The molecule has 1 saturated heterocycles. The van der Waals surface area contributed by atoms with Gasteiger partial charge in [-0.2, -0.15) is 0 Å². The fourth-order valence-corrected chi connectivity index (χ4v) is 4.37. The van der Waals surface area contributed by atoms with Crippen molar-refractivity contribution in [1.29, 1.82) is 0 Å². The van der Waals surface area contributed by atoms with E-state index >= 15 is 0 Å². The number of nitrogens with one attached hydrogen (secondary N) is 1. The second kappa shape index (κ2) is 10.1. The number of ether oxygens (including phenoxy) is 1. The van der Waals surface area contributed by atoms with E-state index in [1.165, 1.54) is 5.56 Å². The number of benzene rings is 2. The maximum atomic E-state index is 12.7. The predicted molar refractivity (Wildman–Crippen MR) is 136 cm³/mol. The summed E-state index contributed by atoms with van der Waals surface area (Å²) in [6.45, 7) is 6.22. The highest BCUT2D eigenvalue weighted by molar-refractivity contribution is 5.74. The van der Waals surface area contributed by atoms with Gasteiger partial charge in [-0.05, 0) is 48.9 Å². The molecule has 1 aliphatic heterocycles. The number of hydrogen-bond acceptors (Lipinski definition) is 5. The predicted octanol–water partition coefficient (Wildman–Crippen LogP) is 3.76. The van der Waals surface area contributed by atoms with Crippen molar-refractivity contribution in [2.24, 2.45) is 0 Å². The van der Waals surface area contributed by atoms with Crippen molar-refractivity contribution in [2.45, 2.75) is 20.0 Å². The zero-order valence-electron chi connectivity index (χ0n) is 20.1. The highest BCUT2D eigenvalue weighted by atomic mass is 16.5. The number of rotatable bonds is 6. The van der Waals surface area contributed by atoms with Gasteiger partial charge in [0.05, 0.1) is 13.7 Å². The normalized spacial score (nSPS) is 14.3. The van der Waals surface area contributed by atoms with E-state index in [1.807, 2.05) is 41.3 Å². The number of imidazole rings is 1. The second-order valence-electron chi connectivity index (χ2n) is 8.82. The molecule has 0 radical (unpaired) electrons. The molecule has 3 heterocycles. The summed E-state index contributed by atoms with van der Waals surface area (Å²) in [7, 11) is 1.66. The highest BCUT2D eigenvalue weighted by Crippen LogP contribution is 2.23. The van der Waals surface area contributed by atoms with E-state index in [4.69, 9.17) is 9.72 Å². The first-order valence-corrected chi connectivity index (χ1v) is 11.9. The Kier molecular flexibility index (Phi) is 6.63. The standard InChI is InChI=1S/C27H30N6O2/c1-20-5-7-21(8-6-20)18-29-27(34)32-16-14-31(15-17-32)19-25-30-24-4-3-13-28-26(24)33(25)22-9-11-23(35-2)12-10-22/h3-13H,14-19H2,1-2H3,(H,29,34). The van der Waals surface area contributed by atoms with Gasteiger partial charge < -0.3 is 15.0 Å². The summed E-state index contributed by atoms with van der Waals surface area (Å²) in [5.41, 5.74) is 5.02. The molecular formula is C27H30N6O2. The third kappa shape index (κ3) is 5.12. The van der Waals surface area contributed by atoms with Gasteiger partial charge in [-0.25, -0.2) is 14.8 Å². The number of fused-ring (bicyclic) bond motifs is 1. The number of amides is 2. The number of urea groups is 1. The van der Waals surface area contributed by atoms with Gasteiger partial charge in [-0.3, -0.25) is 9.47 Å². The van der Waals surface area contributed by atoms with Crippen molar-refractivity contribution in [3.63, 3.8) is 0 Å². The number of piperazine rings is 1. The zero-order valence-corrected chi connectivity index (χ0v) is 20.1. The van der Waals surface area contributed by atoms with Gasteiger partial charge >= 0.3 is 6.03 Å². The van der Waals surface area contributed by atoms with E-state index in [2.05, 4.69) is 51.0 Å². The first-order chi connectivity index (χ1) is 17.1. The van der Waals surface area contributed by atoms with Gasteiger partial charge in [0.25, 0.3) is 0 Å². The summed E-state index contributed by atoms with van der Waals surface area (Å²) >= 11 is 0. The number of hydrogen-bond donors (Lipinski definition) is 1. The van der Waals surface area contributed by atoms with E-state index in [0.717, 1.165) is 47.1 Å². The van der Waals surface area contributed by atoms with Crippen LogP contribution in [0.5, 0.6) is 5.75 Å². The molecule has 0 unspecified atom stereocenters. The van der Waals surface area contributed by atoms with Crippen LogP contribution < -0.4 is 10.1 Å². The third-order valence-corrected chi connectivity index (χ3v) is 6.40. The molecule has 8 heteroatoms. The van der Waals surface area contributed by atoms with Crippen LogP contribution in [0.15, 0.2) is 66.9 Å². The van der Waals surface area contributed by atoms with Crippen LogP contribution in [0, 0.1) is 6.92 Å². The van der Waals surface area contributed by atoms with Crippen LogP contribution >= 0.6 is 0 Å². The van der Waals surface area contributed by atoms with Crippen LogP contribution in [-0.4, -0.2) is 63.7 Å². The van der Waals surface area contributed by atoms with Crippen molar-refractivity contribution < 1.29 is 9.53 Å². The minimum absolute atomic E-state index is 0.0140. The molecule has 2 aromatic carbocycles. The Labute approximate surface area is 205 Å². The summed E-state index contributed by atoms with van der Waals surface area (Å²) in [4.78, 5) is 26.4. The lowest BCUT2D eigenvalue weighted by Gasteiger charge is -2.34. The molecule has 0 spiro atoms. The first kappa shape index (κ1) is 22.9. The quantitative estimate of drug-likeness (QED) is 0.464. The molecule has 5 rings (SSSR count). The average molecular weight is 471 g/mol. The van der Waals surface area contributed by atoms with Gasteiger partial charge in [0, 0.05) is 44.6 Å². The molecule has 1 fully saturated rings. The van der Waals surface area contributed by atoms with Gasteiger partial charge in [-0.1, -0.05) is 29.8 Å². The van der Waals surface area contributed by atoms with E-state index in [0.29, 0.717) is 26.2 Å². The van der Waals surface area contributed by atoms with Crippen molar-refractivity contribution in [2.75, 3.05) is 33.3 Å². The number of aromatic nitrogens is 3. The summed E-state index contributed by atoms with van der Waals surface area (Å²) in [6.07, 6.45) is 1.79. The molecular weight excluding hydrogens is 440 g/mol. The number of pyridine rings is 1. The smallest absolute Gasteiger partial charge is 0.317 e. The maximum Gasteiger partial charge on any atom is 0.317 e. The molecule has 2 amide bonds. The molecule has 1 aliphatic rings. The second-order valence-corrected chi connectivity index (χ2v) is 8.82. The maximum absolute atomic E-state index is 12.7. The van der Waals surface area contributed by atoms with Crippen LogP contribution in [0.3, 0.4) is 0 Å². The monoisotopic (exact) mass is 470 g/mol. The van der Waals surface area contributed by atoms with Crippen molar-refractivity contribution in [3.05, 3.63) is 83.8 Å². The fourth-order valence-electron chi connectivity index (χ4n) is 4.37. The Morgan fingerprint density at radius 1 is 1.00 bits per heavy atom. The number of nitrogens with zero attached hydrogens (tertiary/aromatic N) is 5. The molecule has 0 aliphatic carbocycles. The molecule has 8 nitrogen and oxygen atoms in total. The zero-order chi connectivity index (χ0) is 24.2. The summed E-state index contributed by atoms with van der Waals surface area (Å²) < 4.78 is 7.42. The molecule has 35 heavy (non-hydrogen) atoms. The average Bonchev–Trinajstić information content (AvgIpc) is 3.26. The van der Waals surface area contributed by atoms with Gasteiger partial charge in [0.2, 0.25) is 0 Å². The highest BCUT2D eigenvalue weighted by Gasteiger charge is 2.23. The number of aryl methyl sites for hydroxylation is 1.